The van der Waals surface area contributed by atoms with Gasteiger partial charge in [-0.1, -0.05) is 60.4 Å². The number of methoxy groups -OCH3 is 1. The molecule has 0 spiro atoms. The SMILES string of the molecule is COCc1ccc(-c2ccc(C#Cc3ccc4cc(F)ccc4c3)cc2)cc1. The summed E-state index contributed by atoms with van der Waals surface area (Å²) in [5, 5.41) is 1.87. The molecule has 0 radical (unpaired) electrons. The molecule has 0 aromatic heterocycles. The van der Waals surface area contributed by atoms with E-state index in [0.717, 1.165) is 33.0 Å². The second kappa shape index (κ2) is 8.08. The number of hydrogen-bond acceptors (Lipinski definition) is 1. The first-order chi connectivity index (χ1) is 13.7. The van der Waals surface area contributed by atoms with Crippen LogP contribution in [0.2, 0.25) is 0 Å². The van der Waals surface area contributed by atoms with Gasteiger partial charge in [0.2, 0.25) is 0 Å². The number of ether oxygens (including phenoxy) is 1. The molecule has 1 nitrogen and oxygen atoms in total. The summed E-state index contributed by atoms with van der Waals surface area (Å²) in [6.07, 6.45) is 0. The van der Waals surface area contributed by atoms with Crippen molar-refractivity contribution in [2.75, 3.05) is 7.11 Å². The van der Waals surface area contributed by atoms with Gasteiger partial charge in [-0.2, -0.15) is 0 Å². The minimum atomic E-state index is -0.222. The van der Waals surface area contributed by atoms with Crippen LogP contribution < -0.4 is 0 Å². The molecule has 0 aliphatic heterocycles. The monoisotopic (exact) mass is 366 g/mol. The second-order valence-electron chi connectivity index (χ2n) is 6.66. The van der Waals surface area contributed by atoms with E-state index < -0.39 is 0 Å². The van der Waals surface area contributed by atoms with Crippen LogP contribution in [0.4, 0.5) is 4.39 Å². The topological polar surface area (TPSA) is 9.23 Å². The number of halogens is 1. The van der Waals surface area contributed by atoms with Crippen molar-refractivity contribution in [2.24, 2.45) is 0 Å². The lowest BCUT2D eigenvalue weighted by molar-refractivity contribution is 0.185. The van der Waals surface area contributed by atoms with Gasteiger partial charge in [-0.05, 0) is 63.9 Å². The third-order valence-corrected chi connectivity index (χ3v) is 4.64. The van der Waals surface area contributed by atoms with Crippen molar-refractivity contribution < 1.29 is 9.13 Å². The molecular weight excluding hydrogens is 347 g/mol. The molecule has 0 amide bonds. The number of fused-ring (bicyclic) bond motifs is 1. The van der Waals surface area contributed by atoms with Crippen LogP contribution in [0.3, 0.4) is 0 Å². The Hall–Kier alpha value is -3.41. The Labute approximate surface area is 164 Å². The van der Waals surface area contributed by atoms with Gasteiger partial charge in [0.05, 0.1) is 6.61 Å². The van der Waals surface area contributed by atoms with Gasteiger partial charge in [0, 0.05) is 18.2 Å². The predicted molar refractivity (Wildman–Crippen MR) is 112 cm³/mol. The summed E-state index contributed by atoms with van der Waals surface area (Å²) in [5.74, 6) is 6.17. The van der Waals surface area contributed by atoms with Crippen molar-refractivity contribution in [3.63, 3.8) is 0 Å². The molecule has 4 rings (SSSR count). The minimum absolute atomic E-state index is 0.222. The van der Waals surface area contributed by atoms with Crippen molar-refractivity contribution in [1.82, 2.24) is 0 Å². The van der Waals surface area contributed by atoms with Crippen LogP contribution in [0.25, 0.3) is 21.9 Å². The van der Waals surface area contributed by atoms with E-state index in [9.17, 15) is 4.39 Å². The van der Waals surface area contributed by atoms with Crippen LogP contribution in [0, 0.1) is 17.7 Å². The van der Waals surface area contributed by atoms with Gasteiger partial charge in [-0.15, -0.1) is 0 Å². The first-order valence-electron chi connectivity index (χ1n) is 9.11. The summed E-state index contributed by atoms with van der Waals surface area (Å²) in [4.78, 5) is 0. The smallest absolute Gasteiger partial charge is 0.123 e. The van der Waals surface area contributed by atoms with Crippen LogP contribution >= 0.6 is 0 Å². The maximum Gasteiger partial charge on any atom is 0.123 e. The van der Waals surface area contributed by atoms with E-state index in [-0.39, 0.29) is 5.82 Å². The Morgan fingerprint density at radius 3 is 1.96 bits per heavy atom. The lowest BCUT2D eigenvalue weighted by Crippen LogP contribution is -1.87. The van der Waals surface area contributed by atoms with Crippen molar-refractivity contribution in [3.8, 4) is 23.0 Å². The molecule has 0 atom stereocenters. The molecule has 0 bridgehead atoms. The minimum Gasteiger partial charge on any atom is -0.380 e. The zero-order valence-corrected chi connectivity index (χ0v) is 15.6. The fraction of sp³-hybridized carbons (Fsp3) is 0.0769. The zero-order chi connectivity index (χ0) is 19.3. The highest BCUT2D eigenvalue weighted by molar-refractivity contribution is 5.84. The molecular formula is C26H19FO. The summed E-state index contributed by atoms with van der Waals surface area (Å²) in [6, 6.07) is 27.2. The van der Waals surface area contributed by atoms with Crippen LogP contribution in [0.1, 0.15) is 16.7 Å². The lowest BCUT2D eigenvalue weighted by atomic mass is 10.0. The van der Waals surface area contributed by atoms with Crippen LogP contribution in [-0.2, 0) is 11.3 Å². The summed E-state index contributed by atoms with van der Waals surface area (Å²) < 4.78 is 18.4. The predicted octanol–water partition coefficient (Wildman–Crippen LogP) is 6.19. The molecule has 0 aliphatic rings. The molecule has 0 aliphatic carbocycles. The average Bonchev–Trinajstić information content (AvgIpc) is 2.73. The Balaban J connectivity index is 1.53. The Kier molecular flexibility index (Phi) is 5.19. The summed E-state index contributed by atoms with van der Waals surface area (Å²) in [7, 11) is 1.70. The molecule has 0 N–H and O–H groups in total. The molecule has 28 heavy (non-hydrogen) atoms. The molecule has 0 heterocycles. The van der Waals surface area contributed by atoms with E-state index in [4.69, 9.17) is 4.74 Å². The fourth-order valence-corrected chi connectivity index (χ4v) is 3.14. The van der Waals surface area contributed by atoms with Gasteiger partial charge in [0.1, 0.15) is 5.82 Å². The van der Waals surface area contributed by atoms with Gasteiger partial charge in [-0.3, -0.25) is 0 Å². The van der Waals surface area contributed by atoms with Gasteiger partial charge in [0.15, 0.2) is 0 Å². The highest BCUT2D eigenvalue weighted by atomic mass is 19.1. The number of rotatable bonds is 3. The van der Waals surface area contributed by atoms with E-state index in [1.54, 1.807) is 13.2 Å². The molecule has 0 unspecified atom stereocenters. The van der Waals surface area contributed by atoms with Gasteiger partial charge < -0.3 is 4.74 Å². The summed E-state index contributed by atoms with van der Waals surface area (Å²) in [6.45, 7) is 0.624. The largest absolute Gasteiger partial charge is 0.380 e. The molecule has 136 valence electrons. The third-order valence-electron chi connectivity index (χ3n) is 4.64. The first-order valence-corrected chi connectivity index (χ1v) is 9.11. The van der Waals surface area contributed by atoms with E-state index in [1.165, 1.54) is 17.7 Å². The highest BCUT2D eigenvalue weighted by Gasteiger charge is 1.99. The normalized spacial score (nSPS) is 10.5. The highest BCUT2D eigenvalue weighted by Crippen LogP contribution is 2.21. The standard InChI is InChI=1S/C26H19FO/c1-28-18-21-7-11-23(12-8-21)22-9-4-19(5-10-22)2-3-20-6-13-25-17-26(27)15-14-24(25)16-20/h4-17H,18H2,1H3. The average molecular weight is 366 g/mol. The fourth-order valence-electron chi connectivity index (χ4n) is 3.14. The summed E-state index contributed by atoms with van der Waals surface area (Å²) >= 11 is 0. The van der Waals surface area contributed by atoms with Crippen LogP contribution in [-0.4, -0.2) is 7.11 Å². The van der Waals surface area contributed by atoms with Crippen molar-refractivity contribution in [1.29, 1.82) is 0 Å². The molecule has 4 aromatic carbocycles. The Bertz CT molecular complexity index is 1160. The van der Waals surface area contributed by atoms with Gasteiger partial charge >= 0.3 is 0 Å². The Morgan fingerprint density at radius 1 is 0.679 bits per heavy atom. The van der Waals surface area contributed by atoms with Crippen LogP contribution in [0.5, 0.6) is 0 Å². The van der Waals surface area contributed by atoms with Gasteiger partial charge in [-0.25, -0.2) is 4.39 Å². The van der Waals surface area contributed by atoms with Gasteiger partial charge in [0.25, 0.3) is 0 Å². The molecule has 2 heteroatoms. The van der Waals surface area contributed by atoms with Crippen molar-refractivity contribution in [2.45, 2.75) is 6.61 Å². The van der Waals surface area contributed by atoms with E-state index >= 15 is 0 Å². The van der Waals surface area contributed by atoms with Crippen molar-refractivity contribution in [3.05, 3.63) is 107 Å². The van der Waals surface area contributed by atoms with Crippen LogP contribution in [0.15, 0.2) is 84.9 Å². The molecule has 0 fully saturated rings. The first kappa shape index (κ1) is 18.0. The van der Waals surface area contributed by atoms with E-state index in [2.05, 4.69) is 48.2 Å². The lowest BCUT2D eigenvalue weighted by Gasteiger charge is -2.04. The molecule has 0 saturated heterocycles. The second-order valence-corrected chi connectivity index (χ2v) is 6.66. The summed E-state index contributed by atoms with van der Waals surface area (Å²) in [5.41, 5.74) is 5.35. The maximum absolute atomic E-state index is 13.3. The number of hydrogen-bond donors (Lipinski definition) is 0. The van der Waals surface area contributed by atoms with Crippen molar-refractivity contribution >= 4 is 10.8 Å². The maximum atomic E-state index is 13.3. The van der Waals surface area contributed by atoms with E-state index in [0.29, 0.717) is 6.61 Å². The molecule has 0 saturated carbocycles. The quantitative estimate of drug-likeness (QED) is 0.393. The van der Waals surface area contributed by atoms with E-state index in [1.807, 2.05) is 30.3 Å². The molecule has 4 aromatic rings. The Morgan fingerprint density at radius 2 is 1.25 bits per heavy atom. The zero-order valence-electron chi connectivity index (χ0n) is 15.6. The number of benzene rings is 4. The third kappa shape index (κ3) is 4.11.